The zero-order valence-electron chi connectivity index (χ0n) is 8.84. The monoisotopic (exact) mass is 169 g/mol. The summed E-state index contributed by atoms with van der Waals surface area (Å²) in [4.78, 5) is 2.56. The van der Waals surface area contributed by atoms with Crippen LogP contribution in [0.3, 0.4) is 0 Å². The van der Waals surface area contributed by atoms with Crippen molar-refractivity contribution in [1.29, 1.82) is 0 Å². The third kappa shape index (κ3) is 2.78. The van der Waals surface area contributed by atoms with Crippen LogP contribution in [0.5, 0.6) is 0 Å². The van der Waals surface area contributed by atoms with E-state index in [2.05, 4.69) is 25.8 Å². The first-order chi connectivity index (χ1) is 5.72. The molecule has 1 fully saturated rings. The van der Waals surface area contributed by atoms with Gasteiger partial charge in [0, 0.05) is 6.04 Å². The highest BCUT2D eigenvalue weighted by Gasteiger charge is 2.18. The molecule has 0 bridgehead atoms. The van der Waals surface area contributed by atoms with Gasteiger partial charge in [-0.15, -0.1) is 0 Å². The molecule has 1 heterocycles. The third-order valence-corrected chi connectivity index (χ3v) is 3.10. The van der Waals surface area contributed by atoms with Crippen LogP contribution in [0, 0.1) is 5.92 Å². The van der Waals surface area contributed by atoms with Crippen LogP contribution >= 0.6 is 0 Å². The molecule has 1 aliphatic rings. The molecule has 0 aromatic rings. The van der Waals surface area contributed by atoms with Gasteiger partial charge in [-0.1, -0.05) is 33.1 Å². The van der Waals surface area contributed by atoms with Crippen molar-refractivity contribution < 1.29 is 0 Å². The van der Waals surface area contributed by atoms with Gasteiger partial charge in [0.1, 0.15) is 0 Å². The molecule has 72 valence electrons. The lowest BCUT2D eigenvalue weighted by Gasteiger charge is -2.33. The van der Waals surface area contributed by atoms with E-state index >= 15 is 0 Å². The molecule has 0 radical (unpaired) electrons. The van der Waals surface area contributed by atoms with Gasteiger partial charge in [-0.05, 0) is 32.4 Å². The average Bonchev–Trinajstić information content (AvgIpc) is 1.96. The van der Waals surface area contributed by atoms with Crippen LogP contribution in [0.15, 0.2) is 0 Å². The molecule has 0 aromatic carbocycles. The van der Waals surface area contributed by atoms with Gasteiger partial charge in [-0.2, -0.15) is 0 Å². The van der Waals surface area contributed by atoms with E-state index in [1.807, 2.05) is 0 Å². The number of hydrogen-bond donors (Lipinski definition) is 0. The normalized spacial score (nSPS) is 28.5. The van der Waals surface area contributed by atoms with E-state index < -0.39 is 0 Å². The van der Waals surface area contributed by atoms with Crippen LogP contribution in [-0.4, -0.2) is 24.5 Å². The summed E-state index contributed by atoms with van der Waals surface area (Å²) in [6, 6.07) is 0.838. The summed E-state index contributed by atoms with van der Waals surface area (Å²) in [5.41, 5.74) is 0. The van der Waals surface area contributed by atoms with Crippen LogP contribution in [0.4, 0.5) is 0 Å². The van der Waals surface area contributed by atoms with E-state index in [0.29, 0.717) is 0 Å². The summed E-state index contributed by atoms with van der Waals surface area (Å²) < 4.78 is 0. The fourth-order valence-electron chi connectivity index (χ4n) is 2.30. The Balaban J connectivity index is 2.43. The Labute approximate surface area is 77.1 Å². The second-order valence-corrected chi connectivity index (χ2v) is 4.49. The largest absolute Gasteiger partial charge is 0.303 e. The maximum atomic E-state index is 2.56. The predicted molar refractivity (Wildman–Crippen MR) is 54.3 cm³/mol. The summed E-state index contributed by atoms with van der Waals surface area (Å²) in [5, 5.41) is 0. The summed E-state index contributed by atoms with van der Waals surface area (Å²) in [6.07, 6.45) is 7.15. The molecule has 0 saturated carbocycles. The van der Waals surface area contributed by atoms with Crippen LogP contribution in [0.25, 0.3) is 0 Å². The van der Waals surface area contributed by atoms with Crippen LogP contribution in [-0.2, 0) is 0 Å². The van der Waals surface area contributed by atoms with Crippen molar-refractivity contribution in [2.45, 2.75) is 52.0 Å². The van der Waals surface area contributed by atoms with E-state index in [1.165, 1.54) is 38.6 Å². The Morgan fingerprint density at radius 2 is 1.75 bits per heavy atom. The van der Waals surface area contributed by atoms with Gasteiger partial charge in [-0.25, -0.2) is 0 Å². The van der Waals surface area contributed by atoms with Crippen molar-refractivity contribution in [2.24, 2.45) is 5.92 Å². The van der Waals surface area contributed by atoms with E-state index in [-0.39, 0.29) is 0 Å². The molecule has 1 aliphatic heterocycles. The second kappa shape index (κ2) is 4.86. The fourth-order valence-corrected chi connectivity index (χ4v) is 2.30. The van der Waals surface area contributed by atoms with Gasteiger partial charge in [0.2, 0.25) is 0 Å². The van der Waals surface area contributed by atoms with Gasteiger partial charge in [-0.3, -0.25) is 0 Å². The fraction of sp³-hybridized carbons (Fsp3) is 1.00. The van der Waals surface area contributed by atoms with E-state index in [0.717, 1.165) is 12.0 Å². The number of rotatable bonds is 1. The van der Waals surface area contributed by atoms with E-state index in [1.54, 1.807) is 0 Å². The minimum Gasteiger partial charge on any atom is -0.303 e. The van der Waals surface area contributed by atoms with Crippen molar-refractivity contribution >= 4 is 0 Å². The highest BCUT2D eigenvalue weighted by atomic mass is 15.1. The van der Waals surface area contributed by atoms with E-state index in [9.17, 15) is 0 Å². The summed E-state index contributed by atoms with van der Waals surface area (Å²) >= 11 is 0. The zero-order valence-corrected chi connectivity index (χ0v) is 8.84. The van der Waals surface area contributed by atoms with Gasteiger partial charge < -0.3 is 4.90 Å². The Kier molecular flexibility index (Phi) is 4.07. The predicted octanol–water partition coefficient (Wildman–Crippen LogP) is 2.91. The Morgan fingerprint density at radius 1 is 1.08 bits per heavy atom. The van der Waals surface area contributed by atoms with Gasteiger partial charge >= 0.3 is 0 Å². The highest BCUT2D eigenvalue weighted by Crippen LogP contribution is 2.20. The van der Waals surface area contributed by atoms with E-state index in [4.69, 9.17) is 0 Å². The number of hydrogen-bond acceptors (Lipinski definition) is 1. The number of nitrogens with zero attached hydrogens (tertiary/aromatic N) is 1. The SMILES string of the molecule is CC(C)C1CCCCCCN1C. The smallest absolute Gasteiger partial charge is 0.0115 e. The maximum absolute atomic E-state index is 2.56. The first kappa shape index (κ1) is 10.0. The van der Waals surface area contributed by atoms with Gasteiger partial charge in [0.15, 0.2) is 0 Å². The molecule has 0 aromatic heterocycles. The Morgan fingerprint density at radius 3 is 2.42 bits per heavy atom. The van der Waals surface area contributed by atoms with Crippen molar-refractivity contribution in [1.82, 2.24) is 4.90 Å². The molecule has 1 heteroatoms. The van der Waals surface area contributed by atoms with Crippen LogP contribution in [0.2, 0.25) is 0 Å². The molecule has 1 saturated heterocycles. The second-order valence-electron chi connectivity index (χ2n) is 4.49. The topological polar surface area (TPSA) is 3.24 Å². The summed E-state index contributed by atoms with van der Waals surface area (Å²) in [7, 11) is 2.29. The molecule has 1 atom stereocenters. The zero-order chi connectivity index (χ0) is 8.97. The first-order valence-electron chi connectivity index (χ1n) is 5.42. The first-order valence-corrected chi connectivity index (χ1v) is 5.42. The Bertz CT molecular complexity index is 120. The molecule has 0 amide bonds. The maximum Gasteiger partial charge on any atom is 0.0115 e. The molecule has 0 spiro atoms. The van der Waals surface area contributed by atoms with Crippen molar-refractivity contribution in [3.63, 3.8) is 0 Å². The number of likely N-dealkylation sites (tertiary alicyclic amines) is 1. The lowest BCUT2D eigenvalue weighted by atomic mass is 9.94. The molecule has 1 nitrogen and oxygen atoms in total. The van der Waals surface area contributed by atoms with Crippen molar-refractivity contribution in [2.75, 3.05) is 13.6 Å². The summed E-state index contributed by atoms with van der Waals surface area (Å²) in [5.74, 6) is 0.827. The molecule has 0 N–H and O–H groups in total. The lowest BCUT2D eigenvalue weighted by molar-refractivity contribution is 0.163. The van der Waals surface area contributed by atoms with Crippen LogP contribution in [0.1, 0.15) is 46.0 Å². The Hall–Kier alpha value is -0.0400. The standard InChI is InChI=1S/C11H23N/c1-10(2)11-8-6-4-5-7-9-12(11)3/h10-11H,4-9H2,1-3H3. The molecule has 12 heavy (non-hydrogen) atoms. The van der Waals surface area contributed by atoms with Gasteiger partial charge in [0.25, 0.3) is 0 Å². The minimum atomic E-state index is 0.827. The van der Waals surface area contributed by atoms with Gasteiger partial charge in [0.05, 0.1) is 0 Å². The minimum absolute atomic E-state index is 0.827. The molecular weight excluding hydrogens is 146 g/mol. The van der Waals surface area contributed by atoms with Crippen molar-refractivity contribution in [3.8, 4) is 0 Å². The van der Waals surface area contributed by atoms with Crippen LogP contribution < -0.4 is 0 Å². The molecule has 0 aliphatic carbocycles. The quantitative estimate of drug-likeness (QED) is 0.583. The molecule has 1 rings (SSSR count). The summed E-state index contributed by atoms with van der Waals surface area (Å²) in [6.45, 7) is 6.01. The highest BCUT2D eigenvalue weighted by molar-refractivity contribution is 4.74. The molecule has 1 unspecified atom stereocenters. The lowest BCUT2D eigenvalue weighted by Crippen LogP contribution is -2.37. The third-order valence-electron chi connectivity index (χ3n) is 3.10. The van der Waals surface area contributed by atoms with Crippen molar-refractivity contribution in [3.05, 3.63) is 0 Å². The molecular formula is C11H23N. The average molecular weight is 169 g/mol.